The number of hydrogen-bond donors (Lipinski definition) is 0. The molecule has 1 saturated carbocycles. The second-order valence-corrected chi connectivity index (χ2v) is 5.46. The number of likely N-dealkylation sites (N-methyl/N-ethyl adjacent to an activating group) is 1. The molecular weight excluding hydrogens is 224 g/mol. The van der Waals surface area contributed by atoms with Crippen molar-refractivity contribution >= 4 is 11.8 Å². The van der Waals surface area contributed by atoms with Crippen molar-refractivity contribution in [2.75, 3.05) is 18.5 Å². The maximum absolute atomic E-state index is 10.7. The van der Waals surface area contributed by atoms with E-state index in [4.69, 9.17) is 0 Å². The summed E-state index contributed by atoms with van der Waals surface area (Å²) in [5, 5.41) is 0. The van der Waals surface area contributed by atoms with E-state index in [1.54, 1.807) is 6.08 Å². The first-order valence-corrected chi connectivity index (χ1v) is 6.69. The molecule has 1 fully saturated rings. The number of benzene rings is 1. The highest BCUT2D eigenvalue weighted by Gasteiger charge is 2.36. The molecule has 0 unspecified atom stereocenters. The Morgan fingerprint density at radius 2 is 2.11 bits per heavy atom. The van der Waals surface area contributed by atoms with Gasteiger partial charge in [-0.05, 0) is 36.5 Å². The molecule has 0 amide bonds. The largest absolute Gasteiger partial charge is 0.374 e. The molecule has 94 valence electrons. The van der Waals surface area contributed by atoms with Crippen molar-refractivity contribution in [3.8, 4) is 0 Å². The second kappa shape index (κ2) is 4.25. The van der Waals surface area contributed by atoms with Crippen LogP contribution in [0.2, 0.25) is 0 Å². The Morgan fingerprint density at radius 3 is 2.83 bits per heavy atom. The van der Waals surface area contributed by atoms with Crippen molar-refractivity contribution in [3.05, 3.63) is 29.3 Å². The van der Waals surface area contributed by atoms with E-state index in [0.29, 0.717) is 0 Å². The Bertz CT molecular complexity index is 511. The fraction of sp³-hybridized carbons (Fsp3) is 0.533. The third-order valence-electron chi connectivity index (χ3n) is 4.44. The van der Waals surface area contributed by atoms with Gasteiger partial charge in [-0.15, -0.1) is 0 Å². The zero-order chi connectivity index (χ0) is 12.6. The molecule has 0 radical (unpaired) electrons. The molecule has 0 atom stereocenters. The molecule has 18 heavy (non-hydrogen) atoms. The van der Waals surface area contributed by atoms with Gasteiger partial charge in [0.2, 0.25) is 6.08 Å². The lowest BCUT2D eigenvalue weighted by Gasteiger charge is -2.24. The summed E-state index contributed by atoms with van der Waals surface area (Å²) in [6.07, 6.45) is 7.17. The number of hydrogen-bond acceptors (Lipinski definition) is 3. The monoisotopic (exact) mass is 242 g/mol. The smallest absolute Gasteiger partial charge is 0.235 e. The topological polar surface area (TPSA) is 32.7 Å². The molecule has 0 saturated heterocycles. The highest BCUT2D eigenvalue weighted by atomic mass is 16.1. The number of carbonyl (C=O) groups excluding carboxylic acids is 1. The SMILES string of the molecule is CN1CCc2ccc(C3(N=C=O)CCCC3)cc21. The van der Waals surface area contributed by atoms with E-state index in [9.17, 15) is 4.79 Å². The summed E-state index contributed by atoms with van der Waals surface area (Å²) in [7, 11) is 2.12. The second-order valence-electron chi connectivity index (χ2n) is 5.46. The molecule has 0 spiro atoms. The maximum Gasteiger partial charge on any atom is 0.235 e. The van der Waals surface area contributed by atoms with Gasteiger partial charge >= 0.3 is 0 Å². The van der Waals surface area contributed by atoms with Gasteiger partial charge in [-0.25, -0.2) is 4.79 Å². The van der Waals surface area contributed by atoms with Crippen LogP contribution in [0.5, 0.6) is 0 Å². The van der Waals surface area contributed by atoms with Crippen LogP contribution in [-0.4, -0.2) is 19.7 Å². The summed E-state index contributed by atoms with van der Waals surface area (Å²) < 4.78 is 0. The summed E-state index contributed by atoms with van der Waals surface area (Å²) in [4.78, 5) is 17.2. The zero-order valence-corrected chi connectivity index (χ0v) is 10.8. The van der Waals surface area contributed by atoms with E-state index in [0.717, 1.165) is 38.6 Å². The predicted molar refractivity (Wildman–Crippen MR) is 71.7 cm³/mol. The van der Waals surface area contributed by atoms with Crippen LogP contribution < -0.4 is 4.90 Å². The Hall–Kier alpha value is -1.60. The molecular formula is C15H18N2O. The van der Waals surface area contributed by atoms with Crippen LogP contribution >= 0.6 is 0 Å². The van der Waals surface area contributed by atoms with Crippen molar-refractivity contribution in [1.82, 2.24) is 0 Å². The summed E-state index contributed by atoms with van der Waals surface area (Å²) in [6.45, 7) is 1.09. The number of aliphatic imine (C=N–C) groups is 1. The minimum absolute atomic E-state index is 0.291. The van der Waals surface area contributed by atoms with Gasteiger partial charge in [0.15, 0.2) is 0 Å². The predicted octanol–water partition coefficient (Wildman–Crippen LogP) is 2.78. The summed E-state index contributed by atoms with van der Waals surface area (Å²) in [5.41, 5.74) is 3.61. The minimum Gasteiger partial charge on any atom is -0.374 e. The Labute approximate surface area is 108 Å². The van der Waals surface area contributed by atoms with Gasteiger partial charge < -0.3 is 4.90 Å². The summed E-state index contributed by atoms with van der Waals surface area (Å²) in [5.74, 6) is 0. The number of isocyanates is 1. The molecule has 1 aliphatic heterocycles. The van der Waals surface area contributed by atoms with Crippen molar-refractivity contribution in [2.45, 2.75) is 37.6 Å². The molecule has 2 aliphatic rings. The van der Waals surface area contributed by atoms with E-state index in [1.807, 2.05) is 0 Å². The van der Waals surface area contributed by atoms with E-state index in [1.165, 1.54) is 16.8 Å². The molecule has 3 heteroatoms. The number of anilines is 1. The normalized spacial score (nSPS) is 20.6. The van der Waals surface area contributed by atoms with Crippen molar-refractivity contribution in [1.29, 1.82) is 0 Å². The lowest BCUT2D eigenvalue weighted by atomic mass is 9.88. The van der Waals surface area contributed by atoms with Crippen LogP contribution in [-0.2, 0) is 16.8 Å². The minimum atomic E-state index is -0.291. The number of fused-ring (bicyclic) bond motifs is 1. The molecule has 1 aromatic carbocycles. The maximum atomic E-state index is 10.7. The van der Waals surface area contributed by atoms with E-state index >= 15 is 0 Å². The van der Waals surface area contributed by atoms with E-state index in [2.05, 4.69) is 35.1 Å². The molecule has 0 N–H and O–H groups in total. The zero-order valence-electron chi connectivity index (χ0n) is 10.8. The lowest BCUT2D eigenvalue weighted by molar-refractivity contribution is 0.456. The first-order valence-electron chi connectivity index (χ1n) is 6.69. The van der Waals surface area contributed by atoms with Gasteiger partial charge in [0.25, 0.3) is 0 Å². The van der Waals surface area contributed by atoms with Crippen LogP contribution in [0.1, 0.15) is 36.8 Å². The fourth-order valence-electron chi connectivity index (χ4n) is 3.34. The molecule has 1 aromatic rings. The van der Waals surface area contributed by atoms with Crippen LogP contribution in [0, 0.1) is 0 Å². The third-order valence-corrected chi connectivity index (χ3v) is 4.44. The standard InChI is InChI=1S/C15H18N2O/c1-17-9-6-12-4-5-13(10-14(12)17)15(16-11-18)7-2-3-8-15/h4-5,10H,2-3,6-9H2,1H3. The number of nitrogens with zero attached hydrogens (tertiary/aromatic N) is 2. The Morgan fingerprint density at radius 1 is 1.33 bits per heavy atom. The average molecular weight is 242 g/mol. The van der Waals surface area contributed by atoms with E-state index in [-0.39, 0.29) is 5.54 Å². The van der Waals surface area contributed by atoms with Crippen molar-refractivity contribution in [3.63, 3.8) is 0 Å². The van der Waals surface area contributed by atoms with Gasteiger partial charge in [0.05, 0.1) is 5.54 Å². The van der Waals surface area contributed by atoms with Gasteiger partial charge in [-0.3, -0.25) is 0 Å². The first-order chi connectivity index (χ1) is 8.75. The highest BCUT2D eigenvalue weighted by Crippen LogP contribution is 2.44. The van der Waals surface area contributed by atoms with Gasteiger partial charge in [0.1, 0.15) is 0 Å². The third kappa shape index (κ3) is 1.67. The fourth-order valence-corrected chi connectivity index (χ4v) is 3.34. The molecule has 0 aromatic heterocycles. The quantitative estimate of drug-likeness (QED) is 0.590. The van der Waals surface area contributed by atoms with Crippen LogP contribution in [0.15, 0.2) is 23.2 Å². The number of rotatable bonds is 2. The summed E-state index contributed by atoms with van der Waals surface area (Å²) >= 11 is 0. The van der Waals surface area contributed by atoms with Crippen LogP contribution in [0.25, 0.3) is 0 Å². The molecule has 3 nitrogen and oxygen atoms in total. The summed E-state index contributed by atoms with van der Waals surface area (Å²) in [6, 6.07) is 6.59. The van der Waals surface area contributed by atoms with E-state index < -0.39 is 0 Å². The highest BCUT2D eigenvalue weighted by molar-refractivity contribution is 5.60. The van der Waals surface area contributed by atoms with Gasteiger partial charge in [0, 0.05) is 19.3 Å². The molecule has 1 heterocycles. The molecule has 1 aliphatic carbocycles. The van der Waals surface area contributed by atoms with Crippen molar-refractivity contribution < 1.29 is 4.79 Å². The van der Waals surface area contributed by atoms with Crippen LogP contribution in [0.4, 0.5) is 5.69 Å². The first kappa shape index (κ1) is 11.5. The average Bonchev–Trinajstić information content (AvgIpc) is 2.98. The Kier molecular flexibility index (Phi) is 2.71. The molecule has 3 rings (SSSR count). The molecule has 0 bridgehead atoms. The van der Waals surface area contributed by atoms with Crippen molar-refractivity contribution in [2.24, 2.45) is 4.99 Å². The Balaban J connectivity index is 2.06. The van der Waals surface area contributed by atoms with Gasteiger partial charge in [-0.2, -0.15) is 4.99 Å². The van der Waals surface area contributed by atoms with Crippen LogP contribution in [0.3, 0.4) is 0 Å². The van der Waals surface area contributed by atoms with Gasteiger partial charge in [-0.1, -0.05) is 25.0 Å². The lowest BCUT2D eigenvalue weighted by Crippen LogP contribution is -2.20.